The molecule has 3 rings (SSSR count). The highest BCUT2D eigenvalue weighted by Crippen LogP contribution is 2.43. The van der Waals surface area contributed by atoms with Gasteiger partial charge in [-0.05, 0) is 50.1 Å². The monoisotopic (exact) mass is 414 g/mol. The number of rotatable bonds is 5. The molecule has 1 heterocycles. The number of nitrogens with zero attached hydrogens (tertiary/aromatic N) is 1. The molecule has 0 bridgehead atoms. The number of ether oxygens (including phenoxy) is 2. The summed E-state index contributed by atoms with van der Waals surface area (Å²) < 4.78 is 12.1. The fourth-order valence-corrected chi connectivity index (χ4v) is 3.48. The average molecular weight is 415 g/mol. The fourth-order valence-electron chi connectivity index (χ4n) is 3.48. The Hall–Kier alpha value is -3.67. The molecule has 2 aromatic carbocycles. The Kier molecular flexibility index (Phi) is 6.70. The quantitative estimate of drug-likeness (QED) is 0.569. The van der Waals surface area contributed by atoms with E-state index in [-0.39, 0.29) is 6.61 Å². The number of fused-ring (bicyclic) bond motifs is 1. The second-order valence-corrected chi connectivity index (χ2v) is 7.67. The SMILES string of the molecule is CCOc1cc(CC(C#N)=C(N)c2ccccc2)cc2c1OC(C)(C)C=C2C#CCO. The first-order chi connectivity index (χ1) is 14.9. The Morgan fingerprint density at radius 1 is 1.23 bits per heavy atom. The smallest absolute Gasteiger partial charge is 0.170 e. The number of nitriles is 1. The first-order valence-corrected chi connectivity index (χ1v) is 10.1. The first kappa shape index (κ1) is 22.0. The van der Waals surface area contributed by atoms with E-state index in [1.807, 2.05) is 69.3 Å². The molecule has 5 heteroatoms. The van der Waals surface area contributed by atoms with Crippen molar-refractivity contribution in [2.75, 3.05) is 13.2 Å². The standard InChI is InChI=1S/C26H26N2O3/c1-4-30-23-15-18(13-21(17-27)24(28)19-9-6-5-7-10-19)14-22-20(11-8-12-29)16-26(2,3)31-25(22)23/h5-7,9-10,14-16,29H,4,12-13,28H2,1-3H3. The van der Waals surface area contributed by atoms with Crippen LogP contribution < -0.4 is 15.2 Å². The molecule has 0 spiro atoms. The Balaban J connectivity index is 2.11. The van der Waals surface area contributed by atoms with Gasteiger partial charge in [-0.1, -0.05) is 42.2 Å². The number of hydrogen-bond donors (Lipinski definition) is 2. The largest absolute Gasteiger partial charge is 0.490 e. The van der Waals surface area contributed by atoms with Crippen molar-refractivity contribution in [3.05, 3.63) is 70.8 Å². The minimum Gasteiger partial charge on any atom is -0.490 e. The molecule has 0 radical (unpaired) electrons. The number of benzene rings is 2. The zero-order valence-corrected chi connectivity index (χ0v) is 18.0. The van der Waals surface area contributed by atoms with Crippen LogP contribution in [0, 0.1) is 23.2 Å². The molecule has 31 heavy (non-hydrogen) atoms. The van der Waals surface area contributed by atoms with Gasteiger partial charge in [-0.2, -0.15) is 5.26 Å². The van der Waals surface area contributed by atoms with E-state index in [2.05, 4.69) is 17.9 Å². The summed E-state index contributed by atoms with van der Waals surface area (Å²) in [7, 11) is 0. The van der Waals surface area contributed by atoms with Crippen LogP contribution >= 0.6 is 0 Å². The molecule has 158 valence electrons. The van der Waals surface area contributed by atoms with Gasteiger partial charge in [-0.15, -0.1) is 0 Å². The molecular weight excluding hydrogens is 388 g/mol. The van der Waals surface area contributed by atoms with Crippen LogP contribution in [0.15, 0.2) is 54.1 Å². The van der Waals surface area contributed by atoms with Crippen LogP contribution in [0.25, 0.3) is 11.3 Å². The molecule has 0 aliphatic carbocycles. The third-order valence-electron chi connectivity index (χ3n) is 4.79. The summed E-state index contributed by atoms with van der Waals surface area (Å²) in [5, 5.41) is 18.9. The van der Waals surface area contributed by atoms with E-state index in [0.29, 0.717) is 35.8 Å². The van der Waals surface area contributed by atoms with Gasteiger partial charge in [-0.3, -0.25) is 0 Å². The summed E-state index contributed by atoms with van der Waals surface area (Å²) in [6.45, 7) is 6.02. The summed E-state index contributed by atoms with van der Waals surface area (Å²) in [5.41, 5.74) is 9.84. The summed E-state index contributed by atoms with van der Waals surface area (Å²) in [5.74, 6) is 6.94. The lowest BCUT2D eigenvalue weighted by Crippen LogP contribution is -2.29. The van der Waals surface area contributed by atoms with E-state index >= 15 is 0 Å². The number of aliphatic hydroxyl groups is 1. The molecule has 5 nitrogen and oxygen atoms in total. The van der Waals surface area contributed by atoms with E-state index in [1.54, 1.807) is 0 Å². The Labute approximate surface area is 183 Å². The number of hydrogen-bond acceptors (Lipinski definition) is 5. The van der Waals surface area contributed by atoms with Gasteiger partial charge in [0.25, 0.3) is 0 Å². The van der Waals surface area contributed by atoms with Gasteiger partial charge in [-0.25, -0.2) is 0 Å². The van der Waals surface area contributed by atoms with Crippen molar-refractivity contribution in [2.24, 2.45) is 5.73 Å². The van der Waals surface area contributed by atoms with Gasteiger partial charge in [0.15, 0.2) is 11.5 Å². The van der Waals surface area contributed by atoms with Crippen LogP contribution in [-0.4, -0.2) is 23.9 Å². The molecule has 0 fully saturated rings. The van der Waals surface area contributed by atoms with E-state index in [4.69, 9.17) is 15.2 Å². The topological polar surface area (TPSA) is 88.5 Å². The molecule has 0 saturated heterocycles. The number of allylic oxidation sites excluding steroid dienone is 2. The summed E-state index contributed by atoms with van der Waals surface area (Å²) in [6.07, 6.45) is 2.27. The number of aliphatic hydroxyl groups excluding tert-OH is 1. The maximum Gasteiger partial charge on any atom is 0.170 e. The van der Waals surface area contributed by atoms with Crippen LogP contribution in [0.3, 0.4) is 0 Å². The molecule has 0 saturated carbocycles. The van der Waals surface area contributed by atoms with Crippen molar-refractivity contribution < 1.29 is 14.6 Å². The summed E-state index contributed by atoms with van der Waals surface area (Å²) >= 11 is 0. The predicted molar refractivity (Wildman–Crippen MR) is 122 cm³/mol. The van der Waals surface area contributed by atoms with Crippen molar-refractivity contribution in [2.45, 2.75) is 32.8 Å². The average Bonchev–Trinajstić information content (AvgIpc) is 2.76. The van der Waals surface area contributed by atoms with E-state index in [1.165, 1.54) is 0 Å². The molecule has 3 N–H and O–H groups in total. The van der Waals surface area contributed by atoms with Crippen molar-refractivity contribution in [1.29, 1.82) is 5.26 Å². The molecule has 0 amide bonds. The van der Waals surface area contributed by atoms with E-state index in [9.17, 15) is 10.4 Å². The summed E-state index contributed by atoms with van der Waals surface area (Å²) in [6, 6.07) is 15.5. The van der Waals surface area contributed by atoms with E-state index < -0.39 is 5.60 Å². The predicted octanol–water partition coefficient (Wildman–Crippen LogP) is 4.07. The first-order valence-electron chi connectivity index (χ1n) is 10.1. The summed E-state index contributed by atoms with van der Waals surface area (Å²) in [4.78, 5) is 0. The zero-order chi connectivity index (χ0) is 22.4. The molecule has 2 aromatic rings. The minimum absolute atomic E-state index is 0.235. The normalized spacial score (nSPS) is 14.6. The molecule has 0 atom stereocenters. The Morgan fingerprint density at radius 2 is 1.97 bits per heavy atom. The molecule has 0 unspecified atom stereocenters. The lowest BCUT2D eigenvalue weighted by atomic mass is 9.91. The zero-order valence-electron chi connectivity index (χ0n) is 18.0. The van der Waals surface area contributed by atoms with Crippen LogP contribution in [0.4, 0.5) is 0 Å². The highest BCUT2D eigenvalue weighted by molar-refractivity contribution is 5.86. The van der Waals surface area contributed by atoms with Crippen LogP contribution in [0.1, 0.15) is 37.5 Å². The lowest BCUT2D eigenvalue weighted by Gasteiger charge is -2.31. The Bertz CT molecular complexity index is 1130. The maximum absolute atomic E-state index is 9.76. The highest BCUT2D eigenvalue weighted by atomic mass is 16.5. The van der Waals surface area contributed by atoms with Crippen molar-refractivity contribution in [3.63, 3.8) is 0 Å². The van der Waals surface area contributed by atoms with Crippen LogP contribution in [-0.2, 0) is 6.42 Å². The van der Waals surface area contributed by atoms with Crippen molar-refractivity contribution in [1.82, 2.24) is 0 Å². The van der Waals surface area contributed by atoms with Gasteiger partial charge in [0.1, 0.15) is 12.2 Å². The number of nitrogens with two attached hydrogens (primary N) is 1. The fraction of sp³-hybridized carbons (Fsp3) is 0.269. The second kappa shape index (κ2) is 9.43. The highest BCUT2D eigenvalue weighted by Gasteiger charge is 2.29. The molecule has 0 aromatic heterocycles. The van der Waals surface area contributed by atoms with Crippen LogP contribution in [0.2, 0.25) is 0 Å². The van der Waals surface area contributed by atoms with Crippen molar-refractivity contribution >= 4 is 11.3 Å². The molecule has 1 aliphatic heterocycles. The van der Waals surface area contributed by atoms with Gasteiger partial charge < -0.3 is 20.3 Å². The minimum atomic E-state index is -0.574. The van der Waals surface area contributed by atoms with E-state index in [0.717, 1.165) is 22.3 Å². The van der Waals surface area contributed by atoms with Crippen molar-refractivity contribution in [3.8, 4) is 29.4 Å². The molecular formula is C26H26N2O3. The maximum atomic E-state index is 9.76. The Morgan fingerprint density at radius 3 is 2.61 bits per heavy atom. The van der Waals surface area contributed by atoms with Gasteiger partial charge in [0.05, 0.1) is 23.9 Å². The second-order valence-electron chi connectivity index (χ2n) is 7.67. The van der Waals surface area contributed by atoms with Gasteiger partial charge in [0, 0.05) is 17.6 Å². The van der Waals surface area contributed by atoms with Crippen LogP contribution in [0.5, 0.6) is 11.5 Å². The third-order valence-corrected chi connectivity index (χ3v) is 4.79. The lowest BCUT2D eigenvalue weighted by molar-refractivity contribution is 0.149. The third kappa shape index (κ3) is 5.09. The molecule has 1 aliphatic rings. The van der Waals surface area contributed by atoms with Gasteiger partial charge >= 0.3 is 0 Å². The van der Waals surface area contributed by atoms with Gasteiger partial charge in [0.2, 0.25) is 0 Å².